The lowest BCUT2D eigenvalue weighted by atomic mass is 9.80. The Balaban J connectivity index is 1.85. The quantitative estimate of drug-likeness (QED) is 0.847. The Bertz CT molecular complexity index is 444. The van der Waals surface area contributed by atoms with Gasteiger partial charge in [0.05, 0.1) is 11.3 Å². The van der Waals surface area contributed by atoms with Crippen molar-refractivity contribution < 1.29 is 14.4 Å². The largest absolute Gasteiger partial charge is 0.388 e. The minimum absolute atomic E-state index is 0.0275. The standard InChI is InChI=1S/C14H22N2O3/c1-9(7-12-10(2)16-19-11(12)3)13(17)15-8-14(18)5-4-6-14/h9,18H,4-8H2,1-3H3,(H,15,17). The summed E-state index contributed by atoms with van der Waals surface area (Å²) in [6, 6.07) is 0. The molecule has 1 heterocycles. The second-order valence-corrected chi connectivity index (χ2v) is 5.70. The van der Waals surface area contributed by atoms with Crippen LogP contribution in [0.15, 0.2) is 4.52 Å². The monoisotopic (exact) mass is 266 g/mol. The molecule has 0 spiro atoms. The second kappa shape index (κ2) is 5.33. The summed E-state index contributed by atoms with van der Waals surface area (Å²) in [7, 11) is 0. The minimum atomic E-state index is -0.668. The number of aliphatic hydroxyl groups is 1. The van der Waals surface area contributed by atoms with E-state index in [2.05, 4.69) is 10.5 Å². The molecule has 1 aromatic heterocycles. The summed E-state index contributed by atoms with van der Waals surface area (Å²) in [5.41, 5.74) is 1.18. The molecule has 0 saturated heterocycles. The molecule has 1 atom stereocenters. The van der Waals surface area contributed by atoms with Crippen molar-refractivity contribution in [3.05, 3.63) is 17.0 Å². The van der Waals surface area contributed by atoms with Crippen LogP contribution in [-0.4, -0.2) is 28.3 Å². The van der Waals surface area contributed by atoms with Gasteiger partial charge >= 0.3 is 0 Å². The number of carbonyl (C=O) groups excluding carboxylic acids is 1. The second-order valence-electron chi connectivity index (χ2n) is 5.70. The summed E-state index contributed by atoms with van der Waals surface area (Å²) < 4.78 is 5.09. The van der Waals surface area contributed by atoms with Crippen LogP contribution in [-0.2, 0) is 11.2 Å². The maximum atomic E-state index is 12.0. The van der Waals surface area contributed by atoms with Gasteiger partial charge in [-0.15, -0.1) is 0 Å². The first kappa shape index (κ1) is 14.1. The van der Waals surface area contributed by atoms with Crippen LogP contribution in [0.3, 0.4) is 0 Å². The molecule has 1 aliphatic rings. The Kier molecular flexibility index (Phi) is 3.94. The molecule has 1 amide bonds. The van der Waals surface area contributed by atoms with Crippen LogP contribution in [0.2, 0.25) is 0 Å². The van der Waals surface area contributed by atoms with Crippen molar-refractivity contribution in [3.63, 3.8) is 0 Å². The molecular formula is C14H22N2O3. The number of hydrogen-bond donors (Lipinski definition) is 2. The summed E-state index contributed by atoms with van der Waals surface area (Å²) in [6.45, 7) is 5.98. The van der Waals surface area contributed by atoms with Crippen molar-refractivity contribution in [1.29, 1.82) is 0 Å². The molecule has 1 saturated carbocycles. The van der Waals surface area contributed by atoms with Gasteiger partial charge in [-0.3, -0.25) is 4.79 Å². The van der Waals surface area contributed by atoms with Gasteiger partial charge in [0.1, 0.15) is 5.76 Å². The van der Waals surface area contributed by atoms with Gasteiger partial charge in [-0.2, -0.15) is 0 Å². The number of carbonyl (C=O) groups is 1. The molecule has 1 aromatic rings. The third kappa shape index (κ3) is 3.15. The van der Waals surface area contributed by atoms with E-state index in [-0.39, 0.29) is 11.8 Å². The van der Waals surface area contributed by atoms with Gasteiger partial charge in [0.15, 0.2) is 0 Å². The maximum absolute atomic E-state index is 12.0. The molecule has 5 nitrogen and oxygen atoms in total. The number of aryl methyl sites for hydroxylation is 2. The minimum Gasteiger partial charge on any atom is -0.388 e. The highest BCUT2D eigenvalue weighted by Crippen LogP contribution is 2.30. The van der Waals surface area contributed by atoms with E-state index in [1.165, 1.54) is 0 Å². The molecule has 1 aliphatic carbocycles. The van der Waals surface area contributed by atoms with Crippen LogP contribution < -0.4 is 5.32 Å². The van der Waals surface area contributed by atoms with Gasteiger partial charge in [-0.05, 0) is 39.5 Å². The van der Waals surface area contributed by atoms with Crippen molar-refractivity contribution in [3.8, 4) is 0 Å². The van der Waals surface area contributed by atoms with E-state index in [1.807, 2.05) is 20.8 Å². The lowest BCUT2D eigenvalue weighted by Gasteiger charge is -2.36. The zero-order valence-electron chi connectivity index (χ0n) is 11.8. The third-order valence-corrected chi connectivity index (χ3v) is 4.02. The average Bonchev–Trinajstić information content (AvgIpc) is 2.65. The Morgan fingerprint density at radius 2 is 2.21 bits per heavy atom. The van der Waals surface area contributed by atoms with Crippen molar-refractivity contribution in [2.75, 3.05) is 6.54 Å². The Morgan fingerprint density at radius 1 is 1.53 bits per heavy atom. The van der Waals surface area contributed by atoms with Gasteiger partial charge in [0.2, 0.25) is 5.91 Å². The number of hydrogen-bond acceptors (Lipinski definition) is 4. The molecule has 0 aromatic carbocycles. The first-order valence-electron chi connectivity index (χ1n) is 6.83. The highest BCUT2D eigenvalue weighted by atomic mass is 16.5. The highest BCUT2D eigenvalue weighted by Gasteiger charge is 2.34. The molecule has 1 fully saturated rings. The topological polar surface area (TPSA) is 75.4 Å². The van der Waals surface area contributed by atoms with Crippen LogP contribution in [0.4, 0.5) is 0 Å². The van der Waals surface area contributed by atoms with Crippen LogP contribution in [0.1, 0.15) is 43.2 Å². The summed E-state index contributed by atoms with van der Waals surface area (Å²) in [5.74, 6) is 0.593. The van der Waals surface area contributed by atoms with Crippen LogP contribution in [0, 0.1) is 19.8 Å². The van der Waals surface area contributed by atoms with Gasteiger partial charge in [-0.25, -0.2) is 0 Å². The van der Waals surface area contributed by atoms with Crippen molar-refractivity contribution >= 4 is 5.91 Å². The van der Waals surface area contributed by atoms with Crippen molar-refractivity contribution in [2.45, 2.75) is 52.1 Å². The molecule has 19 heavy (non-hydrogen) atoms. The third-order valence-electron chi connectivity index (χ3n) is 4.02. The fourth-order valence-electron chi connectivity index (χ4n) is 2.38. The van der Waals surface area contributed by atoms with Gasteiger partial charge < -0.3 is 14.9 Å². The van der Waals surface area contributed by atoms with E-state index in [0.29, 0.717) is 13.0 Å². The molecule has 0 radical (unpaired) electrons. The average molecular weight is 266 g/mol. The first-order valence-corrected chi connectivity index (χ1v) is 6.83. The van der Waals surface area contributed by atoms with Gasteiger partial charge in [0.25, 0.3) is 0 Å². The predicted molar refractivity (Wildman–Crippen MR) is 70.7 cm³/mol. The van der Waals surface area contributed by atoms with Gasteiger partial charge in [-0.1, -0.05) is 12.1 Å². The number of rotatable bonds is 5. The van der Waals surface area contributed by atoms with E-state index >= 15 is 0 Å². The number of nitrogens with one attached hydrogen (secondary N) is 1. The van der Waals surface area contributed by atoms with Crippen molar-refractivity contribution in [2.24, 2.45) is 5.92 Å². The highest BCUT2D eigenvalue weighted by molar-refractivity contribution is 5.78. The maximum Gasteiger partial charge on any atom is 0.223 e. The number of nitrogens with zero attached hydrogens (tertiary/aromatic N) is 1. The molecule has 2 rings (SSSR count). The zero-order valence-corrected chi connectivity index (χ0v) is 11.8. The first-order chi connectivity index (χ1) is 8.91. The molecule has 2 N–H and O–H groups in total. The predicted octanol–water partition coefficient (Wildman–Crippen LogP) is 1.50. The van der Waals surface area contributed by atoms with E-state index in [9.17, 15) is 9.90 Å². The zero-order chi connectivity index (χ0) is 14.0. The van der Waals surface area contributed by atoms with Gasteiger partial charge in [0, 0.05) is 18.0 Å². The molecule has 0 aliphatic heterocycles. The lowest BCUT2D eigenvalue weighted by Crippen LogP contribution is -2.48. The molecule has 106 valence electrons. The lowest BCUT2D eigenvalue weighted by molar-refractivity contribution is -0.126. The van der Waals surface area contributed by atoms with E-state index in [1.54, 1.807) is 0 Å². The van der Waals surface area contributed by atoms with Crippen LogP contribution >= 0.6 is 0 Å². The fraction of sp³-hybridized carbons (Fsp3) is 0.714. The Hall–Kier alpha value is -1.36. The molecule has 1 unspecified atom stereocenters. The van der Waals surface area contributed by atoms with E-state index in [4.69, 9.17) is 4.52 Å². The Morgan fingerprint density at radius 3 is 2.68 bits per heavy atom. The van der Waals surface area contributed by atoms with Crippen LogP contribution in [0.5, 0.6) is 0 Å². The number of amides is 1. The normalized spacial score (nSPS) is 18.7. The molecule has 0 bridgehead atoms. The van der Waals surface area contributed by atoms with E-state index in [0.717, 1.165) is 36.3 Å². The summed E-state index contributed by atoms with van der Waals surface area (Å²) in [6.07, 6.45) is 3.23. The molecule has 5 heteroatoms. The summed E-state index contributed by atoms with van der Waals surface area (Å²) >= 11 is 0. The smallest absolute Gasteiger partial charge is 0.223 e. The van der Waals surface area contributed by atoms with Crippen LogP contribution in [0.25, 0.3) is 0 Å². The van der Waals surface area contributed by atoms with E-state index < -0.39 is 5.60 Å². The number of aromatic nitrogens is 1. The summed E-state index contributed by atoms with van der Waals surface area (Å²) in [5, 5.41) is 16.7. The Labute approximate surface area is 113 Å². The van der Waals surface area contributed by atoms with Crippen molar-refractivity contribution in [1.82, 2.24) is 10.5 Å². The molecular weight excluding hydrogens is 244 g/mol. The fourth-order valence-corrected chi connectivity index (χ4v) is 2.38. The summed E-state index contributed by atoms with van der Waals surface area (Å²) in [4.78, 5) is 12.0. The SMILES string of the molecule is Cc1noc(C)c1CC(C)C(=O)NCC1(O)CCC1.